The monoisotopic (exact) mass is 279 g/mol. The molecule has 0 fully saturated rings. The van der Waals surface area contributed by atoms with E-state index >= 15 is 0 Å². The minimum atomic E-state index is -0.442. The van der Waals surface area contributed by atoms with Gasteiger partial charge >= 0.3 is 5.97 Å². The smallest absolute Gasteiger partial charge is 0.328 e. The standard InChI is InChI=1S/C16H22FNO2/c1-10-9-16(3,4)18(11(2)15(19)20-5)14-8-12(17)6-7-13(10)14/h6-8,10-11H,9H2,1-5H3/t10-,11-/m0/s1. The van der Waals surface area contributed by atoms with Crippen molar-refractivity contribution in [2.75, 3.05) is 12.0 Å². The van der Waals surface area contributed by atoms with Gasteiger partial charge in [-0.05, 0) is 50.8 Å². The van der Waals surface area contributed by atoms with Crippen molar-refractivity contribution in [3.8, 4) is 0 Å². The molecule has 0 N–H and O–H groups in total. The highest BCUT2D eigenvalue weighted by molar-refractivity contribution is 5.81. The maximum atomic E-state index is 13.7. The van der Waals surface area contributed by atoms with Crippen LogP contribution in [0.2, 0.25) is 0 Å². The summed E-state index contributed by atoms with van der Waals surface area (Å²) in [6.45, 7) is 8.10. The summed E-state index contributed by atoms with van der Waals surface area (Å²) < 4.78 is 18.5. The zero-order valence-corrected chi connectivity index (χ0v) is 12.7. The quantitative estimate of drug-likeness (QED) is 0.776. The van der Waals surface area contributed by atoms with E-state index in [1.807, 2.05) is 11.0 Å². The topological polar surface area (TPSA) is 29.5 Å². The fourth-order valence-corrected chi connectivity index (χ4v) is 3.43. The molecule has 0 spiro atoms. The van der Waals surface area contributed by atoms with Crippen LogP contribution in [-0.2, 0) is 9.53 Å². The molecule has 2 rings (SSSR count). The molecule has 0 bridgehead atoms. The summed E-state index contributed by atoms with van der Waals surface area (Å²) in [4.78, 5) is 13.9. The van der Waals surface area contributed by atoms with Gasteiger partial charge in [0.2, 0.25) is 0 Å². The first-order valence-electron chi connectivity index (χ1n) is 6.94. The summed E-state index contributed by atoms with van der Waals surface area (Å²) in [7, 11) is 1.38. The van der Waals surface area contributed by atoms with Crippen LogP contribution in [0.15, 0.2) is 18.2 Å². The second-order valence-corrected chi connectivity index (χ2v) is 6.19. The maximum Gasteiger partial charge on any atom is 0.328 e. The number of methoxy groups -OCH3 is 1. The highest BCUT2D eigenvalue weighted by Crippen LogP contribution is 2.44. The zero-order valence-electron chi connectivity index (χ0n) is 12.7. The predicted octanol–water partition coefficient (Wildman–Crippen LogP) is 3.48. The molecule has 0 amide bonds. The van der Waals surface area contributed by atoms with Gasteiger partial charge in [-0.15, -0.1) is 0 Å². The molecule has 0 saturated heterocycles. The summed E-state index contributed by atoms with van der Waals surface area (Å²) >= 11 is 0. The number of carbonyl (C=O) groups is 1. The molecule has 1 heterocycles. The fourth-order valence-electron chi connectivity index (χ4n) is 3.43. The normalized spacial score (nSPS) is 22.1. The van der Waals surface area contributed by atoms with Crippen molar-refractivity contribution in [1.29, 1.82) is 0 Å². The molecule has 0 unspecified atom stereocenters. The Hall–Kier alpha value is -1.58. The SMILES string of the molecule is COC(=O)[C@H](C)N1c2cc(F)ccc2[C@@H](C)CC1(C)C. The Balaban J connectivity index is 2.56. The molecule has 1 aliphatic heterocycles. The maximum absolute atomic E-state index is 13.7. The van der Waals surface area contributed by atoms with Gasteiger partial charge in [0.1, 0.15) is 11.9 Å². The summed E-state index contributed by atoms with van der Waals surface area (Å²) in [6.07, 6.45) is 0.910. The molecule has 20 heavy (non-hydrogen) atoms. The third-order valence-corrected chi connectivity index (χ3v) is 4.17. The summed E-state index contributed by atoms with van der Waals surface area (Å²) in [5.74, 6) is -0.250. The predicted molar refractivity (Wildman–Crippen MR) is 77.5 cm³/mol. The number of halogens is 1. The molecule has 0 radical (unpaired) electrons. The van der Waals surface area contributed by atoms with Gasteiger partial charge in [0.05, 0.1) is 7.11 Å². The number of carbonyl (C=O) groups excluding carboxylic acids is 1. The van der Waals surface area contributed by atoms with Gasteiger partial charge in [-0.25, -0.2) is 9.18 Å². The van der Waals surface area contributed by atoms with Crippen molar-refractivity contribution < 1.29 is 13.9 Å². The number of nitrogens with zero attached hydrogens (tertiary/aromatic N) is 1. The van der Waals surface area contributed by atoms with E-state index in [9.17, 15) is 9.18 Å². The van der Waals surface area contributed by atoms with Crippen LogP contribution in [0.5, 0.6) is 0 Å². The molecule has 1 aliphatic rings. The largest absolute Gasteiger partial charge is 0.467 e. The minimum Gasteiger partial charge on any atom is -0.467 e. The lowest BCUT2D eigenvalue weighted by Crippen LogP contribution is -2.55. The summed E-state index contributed by atoms with van der Waals surface area (Å²) in [6, 6.07) is 4.38. The lowest BCUT2D eigenvalue weighted by molar-refractivity contribution is -0.142. The van der Waals surface area contributed by atoms with Crippen molar-refractivity contribution >= 4 is 11.7 Å². The Morgan fingerprint density at radius 2 is 2.15 bits per heavy atom. The van der Waals surface area contributed by atoms with E-state index in [1.54, 1.807) is 6.92 Å². The number of ether oxygens (including phenoxy) is 1. The third-order valence-electron chi connectivity index (χ3n) is 4.17. The summed E-state index contributed by atoms with van der Waals surface area (Å²) in [5, 5.41) is 0. The number of hydrogen-bond donors (Lipinski definition) is 0. The highest BCUT2D eigenvalue weighted by Gasteiger charge is 2.41. The van der Waals surface area contributed by atoms with E-state index in [0.717, 1.165) is 17.7 Å². The van der Waals surface area contributed by atoms with Gasteiger partial charge < -0.3 is 9.64 Å². The van der Waals surface area contributed by atoms with Gasteiger partial charge in [0.25, 0.3) is 0 Å². The Labute approximate surface area is 119 Å². The van der Waals surface area contributed by atoms with Gasteiger partial charge in [0, 0.05) is 11.2 Å². The lowest BCUT2D eigenvalue weighted by atomic mass is 9.79. The molecular weight excluding hydrogens is 257 g/mol. The van der Waals surface area contributed by atoms with E-state index in [-0.39, 0.29) is 17.3 Å². The van der Waals surface area contributed by atoms with Crippen molar-refractivity contribution in [2.24, 2.45) is 0 Å². The zero-order chi connectivity index (χ0) is 15.1. The number of benzene rings is 1. The number of fused-ring (bicyclic) bond motifs is 1. The van der Waals surface area contributed by atoms with E-state index < -0.39 is 6.04 Å². The Morgan fingerprint density at radius 3 is 2.75 bits per heavy atom. The molecule has 0 aromatic heterocycles. The van der Waals surface area contributed by atoms with Crippen LogP contribution in [0, 0.1) is 5.82 Å². The van der Waals surface area contributed by atoms with Gasteiger partial charge in [-0.1, -0.05) is 13.0 Å². The Kier molecular flexibility index (Phi) is 3.76. The van der Waals surface area contributed by atoms with Gasteiger partial charge in [0.15, 0.2) is 0 Å². The van der Waals surface area contributed by atoms with Crippen LogP contribution in [0.25, 0.3) is 0 Å². The lowest BCUT2D eigenvalue weighted by Gasteiger charge is -2.49. The first-order chi connectivity index (χ1) is 9.27. The average Bonchev–Trinajstić information content (AvgIpc) is 2.35. The van der Waals surface area contributed by atoms with Crippen molar-refractivity contribution in [3.63, 3.8) is 0 Å². The van der Waals surface area contributed by atoms with Crippen LogP contribution in [0.1, 0.15) is 45.6 Å². The van der Waals surface area contributed by atoms with Crippen LogP contribution in [-0.4, -0.2) is 24.7 Å². The Morgan fingerprint density at radius 1 is 1.50 bits per heavy atom. The number of anilines is 1. The van der Waals surface area contributed by atoms with Gasteiger partial charge in [-0.2, -0.15) is 0 Å². The van der Waals surface area contributed by atoms with Crippen LogP contribution >= 0.6 is 0 Å². The molecular formula is C16H22FNO2. The molecule has 1 aromatic carbocycles. The molecule has 110 valence electrons. The van der Waals surface area contributed by atoms with Gasteiger partial charge in [-0.3, -0.25) is 0 Å². The molecule has 2 atom stereocenters. The number of rotatable bonds is 2. The summed E-state index contributed by atoms with van der Waals surface area (Å²) in [5.41, 5.74) is 1.65. The molecule has 0 saturated carbocycles. The Bertz CT molecular complexity index is 527. The highest BCUT2D eigenvalue weighted by atomic mass is 19.1. The first kappa shape index (κ1) is 14.8. The second-order valence-electron chi connectivity index (χ2n) is 6.19. The van der Waals surface area contributed by atoms with E-state index in [4.69, 9.17) is 4.74 Å². The van der Waals surface area contributed by atoms with Crippen LogP contribution in [0.3, 0.4) is 0 Å². The molecule has 3 nitrogen and oxygen atoms in total. The number of esters is 1. The molecule has 1 aromatic rings. The van der Waals surface area contributed by atoms with Crippen molar-refractivity contribution in [3.05, 3.63) is 29.6 Å². The van der Waals surface area contributed by atoms with E-state index in [0.29, 0.717) is 5.92 Å². The first-order valence-corrected chi connectivity index (χ1v) is 6.94. The minimum absolute atomic E-state index is 0.228. The van der Waals surface area contributed by atoms with Crippen molar-refractivity contribution in [1.82, 2.24) is 0 Å². The fraction of sp³-hybridized carbons (Fsp3) is 0.562. The van der Waals surface area contributed by atoms with E-state index in [2.05, 4.69) is 20.8 Å². The van der Waals surface area contributed by atoms with E-state index in [1.165, 1.54) is 19.2 Å². The van der Waals surface area contributed by atoms with Crippen LogP contribution < -0.4 is 4.90 Å². The third kappa shape index (κ3) is 2.39. The molecule has 0 aliphatic carbocycles. The van der Waals surface area contributed by atoms with Crippen molar-refractivity contribution in [2.45, 2.75) is 51.6 Å². The molecule has 4 heteroatoms. The van der Waals surface area contributed by atoms with Crippen LogP contribution in [0.4, 0.5) is 10.1 Å². The second kappa shape index (κ2) is 5.08. The average molecular weight is 279 g/mol. The number of hydrogen-bond acceptors (Lipinski definition) is 3.